The summed E-state index contributed by atoms with van der Waals surface area (Å²) >= 11 is 0. The van der Waals surface area contributed by atoms with Crippen LogP contribution in [0.4, 0.5) is 0 Å². The number of hydrogen-bond donors (Lipinski definition) is 0. The molecule has 72 valence electrons. The van der Waals surface area contributed by atoms with Gasteiger partial charge < -0.3 is 0 Å². The molecule has 3 rings (SSSR count). The van der Waals surface area contributed by atoms with Crippen molar-refractivity contribution in [3.63, 3.8) is 0 Å². The van der Waals surface area contributed by atoms with E-state index in [1.807, 2.05) is 42.5 Å². The fourth-order valence-electron chi connectivity index (χ4n) is 1.51. The summed E-state index contributed by atoms with van der Waals surface area (Å²) in [5, 5.41) is 12.4. The molecule has 0 saturated heterocycles. The molecule has 0 bridgehead atoms. The van der Waals surface area contributed by atoms with Gasteiger partial charge in [-0.05, 0) is 12.1 Å². The third-order valence-electron chi connectivity index (χ3n) is 2.21. The van der Waals surface area contributed by atoms with Crippen LogP contribution in [0.3, 0.4) is 0 Å². The summed E-state index contributed by atoms with van der Waals surface area (Å²) in [5.74, 6) is 0.770. The Morgan fingerprint density at radius 3 is 2.60 bits per heavy atom. The van der Waals surface area contributed by atoms with E-state index in [-0.39, 0.29) is 0 Å². The molecule has 0 N–H and O–H groups in total. The summed E-state index contributed by atoms with van der Waals surface area (Å²) in [7, 11) is 0. The van der Waals surface area contributed by atoms with E-state index in [1.54, 1.807) is 10.7 Å². The number of aromatic nitrogens is 4. The second-order valence-electron chi connectivity index (χ2n) is 3.18. The molecule has 0 spiro atoms. The minimum Gasteiger partial charge on any atom is -0.193 e. The Morgan fingerprint density at radius 2 is 1.73 bits per heavy atom. The van der Waals surface area contributed by atoms with Gasteiger partial charge in [-0.1, -0.05) is 30.3 Å². The van der Waals surface area contributed by atoms with Crippen LogP contribution in [0.5, 0.6) is 0 Å². The summed E-state index contributed by atoms with van der Waals surface area (Å²) in [6.45, 7) is 0. The van der Waals surface area contributed by atoms with Gasteiger partial charge >= 0.3 is 0 Å². The van der Waals surface area contributed by atoms with Gasteiger partial charge in [0.15, 0.2) is 11.5 Å². The molecular weight excluding hydrogens is 188 g/mol. The van der Waals surface area contributed by atoms with Gasteiger partial charge in [0, 0.05) is 11.8 Å². The van der Waals surface area contributed by atoms with Gasteiger partial charge in [-0.2, -0.15) is 9.61 Å². The Hall–Kier alpha value is -2.23. The molecule has 0 aliphatic rings. The summed E-state index contributed by atoms with van der Waals surface area (Å²) in [5.41, 5.74) is 1.78. The van der Waals surface area contributed by atoms with Gasteiger partial charge in [0.1, 0.15) is 0 Å². The lowest BCUT2D eigenvalue weighted by Crippen LogP contribution is -1.92. The number of rotatable bonds is 1. The standard InChI is InChI=1S/C11H8N4/c1-2-5-9(6-3-1)11-14-13-10-7-4-8-12-15(10)11/h1-8H. The molecule has 0 unspecified atom stereocenters. The Kier molecular flexibility index (Phi) is 1.71. The van der Waals surface area contributed by atoms with E-state index in [4.69, 9.17) is 0 Å². The van der Waals surface area contributed by atoms with Crippen LogP contribution in [-0.2, 0) is 0 Å². The van der Waals surface area contributed by atoms with Crippen molar-refractivity contribution < 1.29 is 0 Å². The average molecular weight is 196 g/mol. The molecule has 15 heavy (non-hydrogen) atoms. The first-order valence-electron chi connectivity index (χ1n) is 4.67. The fourth-order valence-corrected chi connectivity index (χ4v) is 1.51. The minimum atomic E-state index is 0.761. The molecule has 3 aromatic rings. The van der Waals surface area contributed by atoms with Crippen LogP contribution in [-0.4, -0.2) is 19.8 Å². The highest BCUT2D eigenvalue weighted by Crippen LogP contribution is 2.15. The number of fused-ring (bicyclic) bond motifs is 1. The molecule has 4 heteroatoms. The zero-order chi connectivity index (χ0) is 10.1. The van der Waals surface area contributed by atoms with Crippen molar-refractivity contribution >= 4 is 5.65 Å². The summed E-state index contributed by atoms with van der Waals surface area (Å²) in [4.78, 5) is 0. The van der Waals surface area contributed by atoms with Crippen LogP contribution >= 0.6 is 0 Å². The van der Waals surface area contributed by atoms with Gasteiger partial charge in [0.25, 0.3) is 0 Å². The maximum absolute atomic E-state index is 4.21. The van der Waals surface area contributed by atoms with E-state index in [9.17, 15) is 0 Å². The predicted octanol–water partition coefficient (Wildman–Crippen LogP) is 1.79. The van der Waals surface area contributed by atoms with Crippen LogP contribution in [0.1, 0.15) is 0 Å². The highest BCUT2D eigenvalue weighted by Gasteiger charge is 2.06. The number of nitrogens with zero attached hydrogens (tertiary/aromatic N) is 4. The predicted molar refractivity (Wildman–Crippen MR) is 56.2 cm³/mol. The van der Waals surface area contributed by atoms with Crippen LogP contribution in [0.15, 0.2) is 48.7 Å². The molecule has 1 aromatic carbocycles. The summed E-state index contributed by atoms with van der Waals surface area (Å²) < 4.78 is 1.73. The molecule has 0 amide bonds. The second-order valence-corrected chi connectivity index (χ2v) is 3.18. The second kappa shape index (κ2) is 3.16. The summed E-state index contributed by atoms with van der Waals surface area (Å²) in [6, 6.07) is 13.6. The van der Waals surface area contributed by atoms with Crippen LogP contribution in [0.25, 0.3) is 17.0 Å². The SMILES string of the molecule is c1ccc(-c2nnc3cccnn23)cc1. The highest BCUT2D eigenvalue weighted by atomic mass is 15.4. The van der Waals surface area contributed by atoms with E-state index < -0.39 is 0 Å². The molecule has 0 saturated carbocycles. The monoisotopic (exact) mass is 196 g/mol. The van der Waals surface area contributed by atoms with Gasteiger partial charge in [-0.3, -0.25) is 0 Å². The molecule has 2 heterocycles. The largest absolute Gasteiger partial charge is 0.193 e. The van der Waals surface area contributed by atoms with Crippen molar-refractivity contribution in [3.8, 4) is 11.4 Å². The molecule has 0 aliphatic carbocycles. The van der Waals surface area contributed by atoms with Crippen molar-refractivity contribution in [2.75, 3.05) is 0 Å². The Balaban J connectivity index is 2.28. The Bertz CT molecular complexity index is 586. The molecule has 0 aliphatic heterocycles. The van der Waals surface area contributed by atoms with Crippen molar-refractivity contribution in [2.24, 2.45) is 0 Å². The number of hydrogen-bond acceptors (Lipinski definition) is 3. The van der Waals surface area contributed by atoms with Gasteiger partial charge in [0.05, 0.1) is 0 Å². The van der Waals surface area contributed by atoms with Crippen molar-refractivity contribution in [1.82, 2.24) is 19.8 Å². The zero-order valence-electron chi connectivity index (χ0n) is 7.91. The lowest BCUT2D eigenvalue weighted by atomic mass is 10.2. The first-order valence-corrected chi connectivity index (χ1v) is 4.67. The van der Waals surface area contributed by atoms with Gasteiger partial charge in [0.2, 0.25) is 0 Å². The first-order chi connectivity index (χ1) is 7.45. The van der Waals surface area contributed by atoms with Crippen LogP contribution in [0, 0.1) is 0 Å². The quantitative estimate of drug-likeness (QED) is 0.596. The maximum atomic E-state index is 4.21. The normalized spacial score (nSPS) is 10.7. The van der Waals surface area contributed by atoms with E-state index >= 15 is 0 Å². The average Bonchev–Trinajstić information content (AvgIpc) is 2.74. The Morgan fingerprint density at radius 1 is 0.867 bits per heavy atom. The third kappa shape index (κ3) is 1.27. The van der Waals surface area contributed by atoms with Crippen molar-refractivity contribution in [3.05, 3.63) is 48.7 Å². The fraction of sp³-hybridized carbons (Fsp3) is 0. The number of benzene rings is 1. The van der Waals surface area contributed by atoms with E-state index in [0.717, 1.165) is 17.0 Å². The van der Waals surface area contributed by atoms with Gasteiger partial charge in [-0.25, -0.2) is 0 Å². The van der Waals surface area contributed by atoms with E-state index in [2.05, 4.69) is 15.3 Å². The zero-order valence-corrected chi connectivity index (χ0v) is 7.91. The van der Waals surface area contributed by atoms with Crippen LogP contribution in [0.2, 0.25) is 0 Å². The molecule has 0 atom stereocenters. The molecule has 2 aromatic heterocycles. The van der Waals surface area contributed by atoms with Crippen LogP contribution < -0.4 is 0 Å². The third-order valence-corrected chi connectivity index (χ3v) is 2.21. The van der Waals surface area contributed by atoms with E-state index in [0.29, 0.717) is 0 Å². The molecule has 0 radical (unpaired) electrons. The van der Waals surface area contributed by atoms with Gasteiger partial charge in [-0.15, -0.1) is 10.2 Å². The van der Waals surface area contributed by atoms with Crippen molar-refractivity contribution in [2.45, 2.75) is 0 Å². The van der Waals surface area contributed by atoms with E-state index in [1.165, 1.54) is 0 Å². The topological polar surface area (TPSA) is 43.1 Å². The maximum Gasteiger partial charge on any atom is 0.185 e. The Labute approximate surface area is 86.2 Å². The smallest absolute Gasteiger partial charge is 0.185 e. The summed E-state index contributed by atoms with van der Waals surface area (Å²) in [6.07, 6.45) is 1.72. The lowest BCUT2D eigenvalue weighted by Gasteiger charge is -1.96. The highest BCUT2D eigenvalue weighted by molar-refractivity contribution is 5.58. The molecule has 4 nitrogen and oxygen atoms in total. The molecular formula is C11H8N4. The lowest BCUT2D eigenvalue weighted by molar-refractivity contribution is 0.936. The molecule has 0 fully saturated rings. The first kappa shape index (κ1) is 8.11. The minimum absolute atomic E-state index is 0.761. The van der Waals surface area contributed by atoms with Crippen molar-refractivity contribution in [1.29, 1.82) is 0 Å².